The molecule has 2 aromatic rings. The SMILES string of the molecule is N#Cc1ccc(-c2ccc3c(c2)CCN3)s1. The molecule has 1 N–H and O–H groups in total. The van der Waals surface area contributed by atoms with Crippen molar-refractivity contribution in [3.63, 3.8) is 0 Å². The Morgan fingerprint density at radius 2 is 2.19 bits per heavy atom. The van der Waals surface area contributed by atoms with Gasteiger partial charge in [0.05, 0.1) is 0 Å². The molecule has 2 nitrogen and oxygen atoms in total. The zero-order valence-electron chi connectivity index (χ0n) is 8.66. The second kappa shape index (κ2) is 3.66. The summed E-state index contributed by atoms with van der Waals surface area (Å²) in [4.78, 5) is 1.94. The maximum atomic E-state index is 8.80. The molecule has 3 heteroatoms. The van der Waals surface area contributed by atoms with E-state index in [1.165, 1.54) is 21.7 Å². The van der Waals surface area contributed by atoms with Crippen LogP contribution in [0.25, 0.3) is 10.4 Å². The summed E-state index contributed by atoms with van der Waals surface area (Å²) in [5, 5.41) is 12.1. The van der Waals surface area contributed by atoms with Crippen molar-refractivity contribution in [3.05, 3.63) is 40.8 Å². The van der Waals surface area contributed by atoms with Gasteiger partial charge < -0.3 is 5.32 Å². The highest BCUT2D eigenvalue weighted by Crippen LogP contribution is 2.32. The van der Waals surface area contributed by atoms with Gasteiger partial charge in [0.25, 0.3) is 0 Å². The first-order chi connectivity index (χ1) is 7.86. The molecule has 0 saturated heterocycles. The molecule has 3 rings (SSSR count). The van der Waals surface area contributed by atoms with Crippen molar-refractivity contribution in [2.24, 2.45) is 0 Å². The molecule has 0 saturated carbocycles. The van der Waals surface area contributed by atoms with E-state index >= 15 is 0 Å². The lowest BCUT2D eigenvalue weighted by atomic mass is 10.1. The van der Waals surface area contributed by atoms with Gasteiger partial charge in [-0.25, -0.2) is 0 Å². The molecule has 0 radical (unpaired) electrons. The first-order valence-electron chi connectivity index (χ1n) is 5.24. The summed E-state index contributed by atoms with van der Waals surface area (Å²) in [5.74, 6) is 0. The second-order valence-corrected chi connectivity index (χ2v) is 4.91. The van der Waals surface area contributed by atoms with Crippen LogP contribution in [0.5, 0.6) is 0 Å². The maximum Gasteiger partial charge on any atom is 0.110 e. The number of nitrogens with one attached hydrogen (secondary N) is 1. The van der Waals surface area contributed by atoms with Gasteiger partial charge in [0.1, 0.15) is 10.9 Å². The van der Waals surface area contributed by atoms with Crippen LogP contribution < -0.4 is 5.32 Å². The van der Waals surface area contributed by atoms with Crippen molar-refractivity contribution in [1.29, 1.82) is 5.26 Å². The molecular formula is C13H10N2S. The molecule has 0 amide bonds. The second-order valence-electron chi connectivity index (χ2n) is 3.82. The van der Waals surface area contributed by atoms with Crippen molar-refractivity contribution in [1.82, 2.24) is 0 Å². The van der Waals surface area contributed by atoms with Crippen molar-refractivity contribution in [2.45, 2.75) is 6.42 Å². The van der Waals surface area contributed by atoms with Crippen LogP contribution in [-0.4, -0.2) is 6.54 Å². The Labute approximate surface area is 98.2 Å². The van der Waals surface area contributed by atoms with Crippen LogP contribution in [0, 0.1) is 11.3 Å². The number of nitrogens with zero attached hydrogens (tertiary/aromatic N) is 1. The van der Waals surface area contributed by atoms with Gasteiger partial charge in [0.2, 0.25) is 0 Å². The number of hydrogen-bond acceptors (Lipinski definition) is 3. The van der Waals surface area contributed by atoms with Crippen molar-refractivity contribution in [2.75, 3.05) is 11.9 Å². The summed E-state index contributed by atoms with van der Waals surface area (Å²) in [5.41, 5.74) is 3.85. The lowest BCUT2D eigenvalue weighted by molar-refractivity contribution is 1.11. The molecule has 2 heterocycles. The van der Waals surface area contributed by atoms with Crippen LogP contribution in [0.15, 0.2) is 30.3 Å². The monoisotopic (exact) mass is 226 g/mol. The van der Waals surface area contributed by atoms with Crippen LogP contribution in [0.1, 0.15) is 10.4 Å². The van der Waals surface area contributed by atoms with Crippen molar-refractivity contribution < 1.29 is 0 Å². The van der Waals surface area contributed by atoms with Gasteiger partial charge >= 0.3 is 0 Å². The molecule has 0 spiro atoms. The van der Waals surface area contributed by atoms with E-state index in [1.807, 2.05) is 12.1 Å². The van der Waals surface area contributed by atoms with E-state index in [0.29, 0.717) is 0 Å². The van der Waals surface area contributed by atoms with Gasteiger partial charge in [-0.3, -0.25) is 0 Å². The van der Waals surface area contributed by atoms with Crippen LogP contribution in [0.3, 0.4) is 0 Å². The van der Waals surface area contributed by atoms with Crippen molar-refractivity contribution >= 4 is 17.0 Å². The zero-order valence-corrected chi connectivity index (χ0v) is 9.47. The molecule has 0 aliphatic carbocycles. The number of thiophene rings is 1. The molecule has 0 unspecified atom stereocenters. The third-order valence-corrected chi connectivity index (χ3v) is 3.85. The predicted octanol–water partition coefficient (Wildman–Crippen LogP) is 3.25. The number of benzene rings is 1. The molecule has 0 fully saturated rings. The third-order valence-electron chi connectivity index (χ3n) is 2.82. The van der Waals surface area contributed by atoms with Crippen LogP contribution in [0.4, 0.5) is 5.69 Å². The molecule has 1 aromatic carbocycles. The highest BCUT2D eigenvalue weighted by Gasteiger charge is 2.11. The van der Waals surface area contributed by atoms with Gasteiger partial charge in [0.15, 0.2) is 0 Å². The van der Waals surface area contributed by atoms with Crippen LogP contribution in [-0.2, 0) is 6.42 Å². The quantitative estimate of drug-likeness (QED) is 0.810. The van der Waals surface area contributed by atoms with Crippen molar-refractivity contribution in [3.8, 4) is 16.5 Å². The summed E-state index contributed by atoms with van der Waals surface area (Å²) in [6, 6.07) is 12.5. The van der Waals surface area contributed by atoms with Crippen LogP contribution in [0.2, 0.25) is 0 Å². The van der Waals surface area contributed by atoms with Crippen LogP contribution >= 0.6 is 11.3 Å². The lowest BCUT2D eigenvalue weighted by Crippen LogP contribution is -1.90. The molecule has 1 aliphatic heterocycles. The summed E-state index contributed by atoms with van der Waals surface area (Å²) in [7, 11) is 0. The first-order valence-corrected chi connectivity index (χ1v) is 6.05. The highest BCUT2D eigenvalue weighted by atomic mass is 32.1. The minimum absolute atomic E-state index is 0.772. The normalized spacial score (nSPS) is 12.9. The Morgan fingerprint density at radius 1 is 1.25 bits per heavy atom. The van der Waals surface area contributed by atoms with E-state index in [9.17, 15) is 0 Å². The predicted molar refractivity (Wildman–Crippen MR) is 66.7 cm³/mol. The van der Waals surface area contributed by atoms with Gasteiger partial charge in [-0.1, -0.05) is 6.07 Å². The average Bonchev–Trinajstić information content (AvgIpc) is 2.96. The fraction of sp³-hybridized carbons (Fsp3) is 0.154. The van der Waals surface area contributed by atoms with Gasteiger partial charge in [-0.2, -0.15) is 5.26 Å². The van der Waals surface area contributed by atoms with E-state index in [4.69, 9.17) is 5.26 Å². The molecule has 78 valence electrons. The Bertz CT molecular complexity index is 578. The number of anilines is 1. The fourth-order valence-corrected chi connectivity index (χ4v) is 2.81. The Balaban J connectivity index is 2.04. The minimum atomic E-state index is 0.772. The number of hydrogen-bond donors (Lipinski definition) is 1. The topological polar surface area (TPSA) is 35.8 Å². The summed E-state index contributed by atoms with van der Waals surface area (Å²) >= 11 is 1.55. The molecule has 0 bridgehead atoms. The smallest absolute Gasteiger partial charge is 0.110 e. The summed E-state index contributed by atoms with van der Waals surface area (Å²) in [6.45, 7) is 1.03. The Kier molecular flexibility index (Phi) is 2.16. The fourth-order valence-electron chi connectivity index (χ4n) is 2.01. The largest absolute Gasteiger partial charge is 0.384 e. The van der Waals surface area contributed by atoms with E-state index in [2.05, 4.69) is 29.6 Å². The van der Waals surface area contributed by atoms with E-state index in [-0.39, 0.29) is 0 Å². The minimum Gasteiger partial charge on any atom is -0.384 e. The van der Waals surface area contributed by atoms with Gasteiger partial charge in [-0.05, 0) is 41.8 Å². The molecular weight excluding hydrogens is 216 g/mol. The average molecular weight is 226 g/mol. The standard InChI is InChI=1S/C13H10N2S/c14-8-11-2-4-13(16-11)10-1-3-12-9(7-10)5-6-15-12/h1-4,7,15H,5-6H2. The zero-order chi connectivity index (χ0) is 11.0. The number of fused-ring (bicyclic) bond motifs is 1. The maximum absolute atomic E-state index is 8.80. The lowest BCUT2D eigenvalue weighted by Gasteiger charge is -2.02. The highest BCUT2D eigenvalue weighted by molar-refractivity contribution is 7.16. The molecule has 1 aliphatic rings. The van der Waals surface area contributed by atoms with Gasteiger partial charge in [0, 0.05) is 17.1 Å². The number of nitriles is 1. The first kappa shape index (κ1) is 9.44. The molecule has 0 atom stereocenters. The third kappa shape index (κ3) is 1.48. The molecule has 16 heavy (non-hydrogen) atoms. The molecule has 1 aromatic heterocycles. The number of rotatable bonds is 1. The van der Waals surface area contributed by atoms with E-state index < -0.39 is 0 Å². The Morgan fingerprint density at radius 3 is 3.00 bits per heavy atom. The van der Waals surface area contributed by atoms with E-state index in [0.717, 1.165) is 17.8 Å². The summed E-state index contributed by atoms with van der Waals surface area (Å²) < 4.78 is 0. The van der Waals surface area contributed by atoms with Gasteiger partial charge in [-0.15, -0.1) is 11.3 Å². The Hall–Kier alpha value is -1.79. The van der Waals surface area contributed by atoms with E-state index in [1.54, 1.807) is 11.3 Å². The summed E-state index contributed by atoms with van der Waals surface area (Å²) in [6.07, 6.45) is 1.10.